The minimum Gasteiger partial charge on any atom is -0.306 e. The summed E-state index contributed by atoms with van der Waals surface area (Å²) in [5.41, 5.74) is 0. The molecule has 0 heterocycles. The summed E-state index contributed by atoms with van der Waals surface area (Å²) in [5.74, 6) is 0.968. The molecule has 0 radical (unpaired) electrons. The van der Waals surface area contributed by atoms with Crippen molar-refractivity contribution in [1.29, 1.82) is 0 Å². The van der Waals surface area contributed by atoms with E-state index in [9.17, 15) is 0 Å². The predicted octanol–water partition coefficient (Wildman–Crippen LogP) is 0.956. The summed E-state index contributed by atoms with van der Waals surface area (Å²) in [6.45, 7) is 2.30. The smallest absolute Gasteiger partial charge is 0.0118 e. The van der Waals surface area contributed by atoms with Crippen LogP contribution in [0.3, 0.4) is 0 Å². The van der Waals surface area contributed by atoms with Crippen molar-refractivity contribution in [3.05, 3.63) is 0 Å². The number of hydrogen-bond donors (Lipinski definition) is 0. The third-order valence-electron chi connectivity index (χ3n) is 1.73. The first-order valence-corrected chi connectivity index (χ1v) is 2.88. The summed E-state index contributed by atoms with van der Waals surface area (Å²) in [6, 6.07) is 0.903. The molecule has 0 saturated heterocycles. The molecule has 1 aliphatic carbocycles. The fourth-order valence-electron chi connectivity index (χ4n) is 1.02. The van der Waals surface area contributed by atoms with Crippen molar-refractivity contribution in [3.63, 3.8) is 0 Å². The van der Waals surface area contributed by atoms with Gasteiger partial charge in [-0.05, 0) is 26.4 Å². The number of nitrogens with zero attached hydrogens (tertiary/aromatic N) is 1. The topological polar surface area (TPSA) is 3.24 Å². The van der Waals surface area contributed by atoms with Crippen LogP contribution >= 0.6 is 0 Å². The highest BCUT2D eigenvalue weighted by atomic mass is 15.1. The molecule has 0 aromatic carbocycles. The van der Waals surface area contributed by atoms with Crippen LogP contribution in [-0.2, 0) is 0 Å². The number of rotatable bonds is 1. The van der Waals surface area contributed by atoms with Crippen LogP contribution in [0.15, 0.2) is 0 Å². The second-order valence-corrected chi connectivity index (χ2v) is 2.74. The molecule has 0 N–H and O–H groups in total. The van der Waals surface area contributed by atoms with E-state index in [1.54, 1.807) is 0 Å². The minimum absolute atomic E-state index is 0.903. The van der Waals surface area contributed by atoms with Crippen molar-refractivity contribution in [3.8, 4) is 0 Å². The van der Waals surface area contributed by atoms with Crippen molar-refractivity contribution < 1.29 is 0 Å². The standard InChI is InChI=1S/C6H13N/c1-5-4-6(5)7(2)3/h5-6H,4H2,1-3H3. The summed E-state index contributed by atoms with van der Waals surface area (Å²) in [7, 11) is 4.29. The van der Waals surface area contributed by atoms with Gasteiger partial charge in [-0.3, -0.25) is 0 Å². The lowest BCUT2D eigenvalue weighted by Crippen LogP contribution is -2.14. The second-order valence-electron chi connectivity index (χ2n) is 2.74. The third kappa shape index (κ3) is 0.942. The maximum atomic E-state index is 2.30. The molecular weight excluding hydrogens is 86.1 g/mol. The Balaban J connectivity index is 2.20. The van der Waals surface area contributed by atoms with E-state index in [4.69, 9.17) is 0 Å². The fraction of sp³-hybridized carbons (Fsp3) is 1.00. The Hall–Kier alpha value is -0.0400. The van der Waals surface area contributed by atoms with Crippen LogP contribution in [0.2, 0.25) is 0 Å². The van der Waals surface area contributed by atoms with Crippen LogP contribution in [-0.4, -0.2) is 25.0 Å². The Bertz CT molecular complexity index is 68.6. The zero-order valence-electron chi connectivity index (χ0n) is 5.31. The lowest BCUT2D eigenvalue weighted by molar-refractivity contribution is 0.382. The summed E-state index contributed by atoms with van der Waals surface area (Å²) < 4.78 is 0. The first-order valence-electron chi connectivity index (χ1n) is 2.88. The molecule has 1 fully saturated rings. The highest BCUT2D eigenvalue weighted by molar-refractivity contribution is 4.88. The molecule has 2 atom stereocenters. The van der Waals surface area contributed by atoms with Gasteiger partial charge in [-0.25, -0.2) is 0 Å². The predicted molar refractivity (Wildman–Crippen MR) is 31.3 cm³/mol. The molecule has 0 aliphatic heterocycles. The summed E-state index contributed by atoms with van der Waals surface area (Å²) in [5, 5.41) is 0. The maximum Gasteiger partial charge on any atom is 0.0118 e. The van der Waals surface area contributed by atoms with Gasteiger partial charge in [0.1, 0.15) is 0 Å². The highest BCUT2D eigenvalue weighted by Crippen LogP contribution is 2.32. The lowest BCUT2D eigenvalue weighted by atomic mass is 10.5. The summed E-state index contributed by atoms with van der Waals surface area (Å²) in [4.78, 5) is 2.30. The summed E-state index contributed by atoms with van der Waals surface area (Å²) in [6.07, 6.45) is 1.41. The van der Waals surface area contributed by atoms with Crippen LogP contribution in [0.5, 0.6) is 0 Å². The zero-order chi connectivity index (χ0) is 5.44. The quantitative estimate of drug-likeness (QED) is 0.473. The Morgan fingerprint density at radius 3 is 1.86 bits per heavy atom. The maximum absolute atomic E-state index is 2.30. The van der Waals surface area contributed by atoms with Gasteiger partial charge in [0.25, 0.3) is 0 Å². The van der Waals surface area contributed by atoms with Crippen LogP contribution in [0, 0.1) is 5.92 Å². The third-order valence-corrected chi connectivity index (χ3v) is 1.73. The largest absolute Gasteiger partial charge is 0.306 e. The van der Waals surface area contributed by atoms with Crippen LogP contribution in [0.25, 0.3) is 0 Å². The second kappa shape index (κ2) is 1.48. The van der Waals surface area contributed by atoms with E-state index >= 15 is 0 Å². The molecule has 0 amide bonds. The molecule has 1 nitrogen and oxygen atoms in total. The van der Waals surface area contributed by atoms with Gasteiger partial charge in [-0.1, -0.05) is 6.92 Å². The van der Waals surface area contributed by atoms with Gasteiger partial charge in [-0.15, -0.1) is 0 Å². The van der Waals surface area contributed by atoms with Crippen molar-refractivity contribution in [2.24, 2.45) is 5.92 Å². The molecule has 0 spiro atoms. The van der Waals surface area contributed by atoms with Gasteiger partial charge in [-0.2, -0.15) is 0 Å². The Morgan fingerprint density at radius 1 is 1.43 bits per heavy atom. The summed E-state index contributed by atoms with van der Waals surface area (Å²) >= 11 is 0. The first kappa shape index (κ1) is 5.10. The molecule has 0 bridgehead atoms. The van der Waals surface area contributed by atoms with Crippen LogP contribution < -0.4 is 0 Å². The van der Waals surface area contributed by atoms with E-state index in [1.165, 1.54) is 6.42 Å². The molecule has 0 aromatic rings. The highest BCUT2D eigenvalue weighted by Gasteiger charge is 2.33. The number of hydrogen-bond acceptors (Lipinski definition) is 1. The molecule has 1 aliphatic rings. The van der Waals surface area contributed by atoms with Crippen molar-refractivity contribution in [1.82, 2.24) is 4.90 Å². The van der Waals surface area contributed by atoms with Crippen LogP contribution in [0.4, 0.5) is 0 Å². The van der Waals surface area contributed by atoms with E-state index in [2.05, 4.69) is 25.9 Å². The average Bonchev–Trinajstić information content (AvgIpc) is 2.17. The van der Waals surface area contributed by atoms with Crippen molar-refractivity contribution in [2.75, 3.05) is 14.1 Å². The Morgan fingerprint density at radius 2 is 1.86 bits per heavy atom. The van der Waals surface area contributed by atoms with E-state index in [0.29, 0.717) is 0 Å². The van der Waals surface area contributed by atoms with Gasteiger partial charge >= 0.3 is 0 Å². The van der Waals surface area contributed by atoms with Gasteiger partial charge in [0.05, 0.1) is 0 Å². The van der Waals surface area contributed by atoms with Gasteiger partial charge in [0.15, 0.2) is 0 Å². The molecule has 42 valence electrons. The van der Waals surface area contributed by atoms with E-state index < -0.39 is 0 Å². The van der Waals surface area contributed by atoms with E-state index in [1.807, 2.05) is 0 Å². The molecule has 1 heteroatoms. The average molecular weight is 99.2 g/mol. The van der Waals surface area contributed by atoms with Crippen LogP contribution in [0.1, 0.15) is 13.3 Å². The first-order chi connectivity index (χ1) is 3.22. The minimum atomic E-state index is 0.903. The molecule has 1 saturated carbocycles. The SMILES string of the molecule is CC1CC1N(C)C. The van der Waals surface area contributed by atoms with Crippen molar-refractivity contribution >= 4 is 0 Å². The lowest BCUT2D eigenvalue weighted by Gasteiger charge is -2.05. The molecule has 1 rings (SSSR count). The monoisotopic (exact) mass is 99.1 g/mol. The molecule has 7 heavy (non-hydrogen) atoms. The van der Waals surface area contributed by atoms with Gasteiger partial charge in [0.2, 0.25) is 0 Å². The van der Waals surface area contributed by atoms with E-state index in [0.717, 1.165) is 12.0 Å². The van der Waals surface area contributed by atoms with Gasteiger partial charge in [0, 0.05) is 6.04 Å². The fourth-order valence-corrected chi connectivity index (χ4v) is 1.02. The molecule has 0 aromatic heterocycles. The Labute approximate surface area is 45.3 Å². The van der Waals surface area contributed by atoms with E-state index in [-0.39, 0.29) is 0 Å². The Kier molecular flexibility index (Phi) is 1.08. The zero-order valence-corrected chi connectivity index (χ0v) is 5.31. The molecule has 2 unspecified atom stereocenters. The van der Waals surface area contributed by atoms with Crippen molar-refractivity contribution in [2.45, 2.75) is 19.4 Å². The van der Waals surface area contributed by atoms with Gasteiger partial charge < -0.3 is 4.90 Å². The molecular formula is C6H13N. The normalized spacial score (nSPS) is 39.4.